The van der Waals surface area contributed by atoms with Gasteiger partial charge in [-0.15, -0.1) is 10.2 Å². The van der Waals surface area contributed by atoms with Gasteiger partial charge in [0.1, 0.15) is 11.9 Å². The molecule has 142 valence electrons. The lowest BCUT2D eigenvalue weighted by Gasteiger charge is -2.24. The number of aromatic nitrogens is 6. The van der Waals surface area contributed by atoms with E-state index < -0.39 is 0 Å². The molecule has 4 N–H and O–H groups in total. The van der Waals surface area contributed by atoms with Gasteiger partial charge in [0.05, 0.1) is 30.8 Å². The van der Waals surface area contributed by atoms with Crippen LogP contribution in [0.4, 0.5) is 17.3 Å². The third-order valence-corrected chi connectivity index (χ3v) is 4.06. The van der Waals surface area contributed by atoms with Crippen molar-refractivity contribution in [2.24, 2.45) is 0 Å². The van der Waals surface area contributed by atoms with Crippen molar-refractivity contribution in [3.8, 4) is 17.6 Å². The Labute approximate surface area is 160 Å². The van der Waals surface area contributed by atoms with Crippen molar-refractivity contribution in [1.29, 1.82) is 5.26 Å². The lowest BCUT2D eigenvalue weighted by atomic mass is 10.2. The summed E-state index contributed by atoms with van der Waals surface area (Å²) in [5.74, 6) is 1.56. The Hall–Kier alpha value is -3.62. The molecule has 4 heterocycles. The number of H-pyrrole nitrogens is 1. The van der Waals surface area contributed by atoms with Crippen LogP contribution in [0.3, 0.4) is 0 Å². The van der Waals surface area contributed by atoms with Gasteiger partial charge in [-0.25, -0.2) is 15.0 Å². The first-order chi connectivity index (χ1) is 13.8. The van der Waals surface area contributed by atoms with Gasteiger partial charge in [-0.3, -0.25) is 0 Å². The highest BCUT2D eigenvalue weighted by molar-refractivity contribution is 5.72. The van der Waals surface area contributed by atoms with Crippen LogP contribution in [-0.2, 0) is 4.74 Å². The summed E-state index contributed by atoms with van der Waals surface area (Å²) >= 11 is 0. The summed E-state index contributed by atoms with van der Waals surface area (Å²) in [5.41, 5.74) is 1.60. The number of ether oxygens (including phenoxy) is 1. The SMILES string of the molecule is N#Cc1cnc(Nc2cc(NCC3CNCCO3)c(-c3ncc[nH]3)nn2)cn1. The van der Waals surface area contributed by atoms with Crippen LogP contribution in [-0.4, -0.2) is 62.5 Å². The molecule has 0 spiro atoms. The second-order valence-electron chi connectivity index (χ2n) is 6.03. The van der Waals surface area contributed by atoms with Gasteiger partial charge in [0, 0.05) is 38.1 Å². The molecule has 3 aromatic rings. The fourth-order valence-electron chi connectivity index (χ4n) is 2.71. The minimum absolute atomic E-state index is 0.0622. The van der Waals surface area contributed by atoms with Crippen LogP contribution < -0.4 is 16.0 Å². The van der Waals surface area contributed by atoms with Gasteiger partial charge in [0.2, 0.25) is 0 Å². The number of rotatable bonds is 6. The first kappa shape index (κ1) is 17.8. The van der Waals surface area contributed by atoms with E-state index in [1.165, 1.54) is 12.4 Å². The quantitative estimate of drug-likeness (QED) is 0.482. The van der Waals surface area contributed by atoms with Crippen molar-refractivity contribution >= 4 is 17.3 Å². The van der Waals surface area contributed by atoms with Crippen molar-refractivity contribution in [1.82, 2.24) is 35.5 Å². The first-order valence-electron chi connectivity index (χ1n) is 8.74. The van der Waals surface area contributed by atoms with E-state index in [0.29, 0.717) is 36.3 Å². The standard InChI is InChI=1S/C17H18N10O/c18-6-11-7-24-15(10-22-11)25-14-5-13(23-9-12-8-19-3-4-28-12)16(27-26-14)17-20-1-2-21-17/h1-2,5,7,10,12,19H,3-4,8-9H2,(H,20,21)(H2,23,24,25,26). The Balaban J connectivity index is 1.55. The van der Waals surface area contributed by atoms with E-state index in [4.69, 9.17) is 10.00 Å². The maximum Gasteiger partial charge on any atom is 0.160 e. The number of hydrogen-bond acceptors (Lipinski definition) is 10. The van der Waals surface area contributed by atoms with Gasteiger partial charge in [-0.1, -0.05) is 0 Å². The van der Waals surface area contributed by atoms with Crippen LogP contribution in [0.25, 0.3) is 11.5 Å². The van der Waals surface area contributed by atoms with Crippen molar-refractivity contribution in [3.63, 3.8) is 0 Å². The maximum atomic E-state index is 8.82. The van der Waals surface area contributed by atoms with E-state index >= 15 is 0 Å². The number of imidazole rings is 1. The van der Waals surface area contributed by atoms with Gasteiger partial charge < -0.3 is 25.7 Å². The molecule has 11 heteroatoms. The number of nitrogens with one attached hydrogen (secondary N) is 4. The summed E-state index contributed by atoms with van der Waals surface area (Å²) in [6.07, 6.45) is 6.31. The second-order valence-corrected chi connectivity index (χ2v) is 6.03. The van der Waals surface area contributed by atoms with Gasteiger partial charge >= 0.3 is 0 Å². The molecule has 1 fully saturated rings. The van der Waals surface area contributed by atoms with E-state index in [1.54, 1.807) is 12.4 Å². The molecule has 1 unspecified atom stereocenters. The molecular formula is C17H18N10O. The van der Waals surface area contributed by atoms with Gasteiger partial charge in [0.15, 0.2) is 23.0 Å². The normalized spacial score (nSPS) is 16.3. The molecule has 0 amide bonds. The second kappa shape index (κ2) is 8.38. The van der Waals surface area contributed by atoms with Gasteiger partial charge in [0.25, 0.3) is 0 Å². The largest absolute Gasteiger partial charge is 0.380 e. The van der Waals surface area contributed by atoms with Crippen molar-refractivity contribution in [2.45, 2.75) is 6.10 Å². The minimum atomic E-state index is 0.0622. The third kappa shape index (κ3) is 4.20. The monoisotopic (exact) mass is 378 g/mol. The molecule has 1 saturated heterocycles. The van der Waals surface area contributed by atoms with Gasteiger partial charge in [-0.2, -0.15) is 5.26 Å². The molecule has 0 aromatic carbocycles. The topological polar surface area (TPSA) is 149 Å². The fourth-order valence-corrected chi connectivity index (χ4v) is 2.71. The van der Waals surface area contributed by atoms with Crippen LogP contribution >= 0.6 is 0 Å². The van der Waals surface area contributed by atoms with E-state index in [2.05, 4.69) is 46.1 Å². The highest BCUT2D eigenvalue weighted by Gasteiger charge is 2.16. The minimum Gasteiger partial charge on any atom is -0.380 e. The Morgan fingerprint density at radius 2 is 2.18 bits per heavy atom. The molecule has 0 radical (unpaired) electrons. The number of aromatic amines is 1. The molecule has 1 aliphatic heterocycles. The molecule has 4 rings (SSSR count). The summed E-state index contributed by atoms with van der Waals surface area (Å²) < 4.78 is 5.73. The fraction of sp³-hybridized carbons (Fsp3) is 0.294. The smallest absolute Gasteiger partial charge is 0.160 e. The Morgan fingerprint density at radius 1 is 1.21 bits per heavy atom. The predicted octanol–water partition coefficient (Wildman–Crippen LogP) is 0.672. The molecule has 28 heavy (non-hydrogen) atoms. The van der Waals surface area contributed by atoms with Crippen LogP contribution in [0.2, 0.25) is 0 Å². The zero-order chi connectivity index (χ0) is 19.2. The maximum absolute atomic E-state index is 8.82. The van der Waals surface area contributed by atoms with Crippen LogP contribution in [0.15, 0.2) is 30.9 Å². The highest BCUT2D eigenvalue weighted by atomic mass is 16.5. The van der Waals surface area contributed by atoms with E-state index in [9.17, 15) is 0 Å². The summed E-state index contributed by atoms with van der Waals surface area (Å²) in [7, 11) is 0. The Kier molecular flexibility index (Phi) is 5.32. The summed E-state index contributed by atoms with van der Waals surface area (Å²) in [5, 5.41) is 27.0. The zero-order valence-corrected chi connectivity index (χ0v) is 14.9. The first-order valence-corrected chi connectivity index (χ1v) is 8.74. The molecule has 1 atom stereocenters. The number of nitriles is 1. The van der Waals surface area contributed by atoms with Gasteiger partial charge in [-0.05, 0) is 0 Å². The van der Waals surface area contributed by atoms with E-state index in [1.807, 2.05) is 12.1 Å². The molecule has 0 saturated carbocycles. The van der Waals surface area contributed by atoms with Crippen LogP contribution in [0, 0.1) is 11.3 Å². The number of anilines is 3. The van der Waals surface area contributed by atoms with Crippen molar-refractivity contribution < 1.29 is 4.74 Å². The molecule has 0 aliphatic carbocycles. The van der Waals surface area contributed by atoms with Crippen LogP contribution in [0.1, 0.15) is 5.69 Å². The van der Waals surface area contributed by atoms with Crippen molar-refractivity contribution in [3.05, 3.63) is 36.5 Å². The summed E-state index contributed by atoms with van der Waals surface area (Å²) in [6.45, 7) is 2.96. The van der Waals surface area contributed by atoms with E-state index in [-0.39, 0.29) is 11.8 Å². The average molecular weight is 378 g/mol. The molecule has 1 aliphatic rings. The summed E-state index contributed by atoms with van der Waals surface area (Å²) in [6, 6.07) is 3.75. The van der Waals surface area contributed by atoms with E-state index in [0.717, 1.165) is 18.8 Å². The number of hydrogen-bond donors (Lipinski definition) is 4. The average Bonchev–Trinajstić information content (AvgIpc) is 3.28. The third-order valence-electron chi connectivity index (χ3n) is 4.06. The molecule has 3 aromatic heterocycles. The van der Waals surface area contributed by atoms with Crippen molar-refractivity contribution in [2.75, 3.05) is 36.9 Å². The lowest BCUT2D eigenvalue weighted by Crippen LogP contribution is -2.42. The number of nitrogens with zero attached hydrogens (tertiary/aromatic N) is 6. The lowest BCUT2D eigenvalue weighted by molar-refractivity contribution is 0.0372. The molecule has 0 bridgehead atoms. The molecular weight excluding hydrogens is 360 g/mol. The predicted molar refractivity (Wildman–Crippen MR) is 101 cm³/mol. The van der Waals surface area contributed by atoms with Crippen LogP contribution in [0.5, 0.6) is 0 Å². The Bertz CT molecular complexity index is 945. The zero-order valence-electron chi connectivity index (χ0n) is 14.9. The summed E-state index contributed by atoms with van der Waals surface area (Å²) in [4.78, 5) is 15.4. The highest BCUT2D eigenvalue weighted by Crippen LogP contribution is 2.25. The molecule has 11 nitrogen and oxygen atoms in total. The number of morpholine rings is 1. The Morgan fingerprint density at radius 3 is 2.89 bits per heavy atom.